The van der Waals surface area contributed by atoms with E-state index >= 15 is 0 Å². The van der Waals surface area contributed by atoms with Crippen LogP contribution in [0.1, 0.15) is 32.4 Å². The third-order valence-corrected chi connectivity index (χ3v) is 3.42. The number of likely N-dealkylation sites (N-methyl/N-ethyl adjacent to an activating group) is 1. The third kappa shape index (κ3) is 2.80. The summed E-state index contributed by atoms with van der Waals surface area (Å²) in [6.07, 6.45) is -0.521. The highest BCUT2D eigenvalue weighted by molar-refractivity contribution is 9.10. The Morgan fingerprint density at radius 1 is 1.25 bits per heavy atom. The van der Waals surface area contributed by atoms with E-state index in [1.54, 1.807) is 27.8 Å². The van der Waals surface area contributed by atoms with Crippen molar-refractivity contribution in [1.29, 1.82) is 0 Å². The van der Waals surface area contributed by atoms with Crippen LogP contribution in [0.2, 0.25) is 0 Å². The molecular formula is C14H17BrN2O3. The van der Waals surface area contributed by atoms with Gasteiger partial charge in [-0.05, 0) is 38.5 Å². The fraction of sp³-hybridized carbons (Fsp3) is 0.429. The molecule has 6 heteroatoms. The second-order valence-corrected chi connectivity index (χ2v) is 6.56. The number of nitrogens with zero attached hydrogens (tertiary/aromatic N) is 2. The first kappa shape index (κ1) is 14.8. The van der Waals surface area contributed by atoms with E-state index in [9.17, 15) is 9.59 Å². The number of ether oxygens (including phenoxy) is 1. The van der Waals surface area contributed by atoms with Crippen LogP contribution in [0.5, 0.6) is 0 Å². The molecule has 1 heterocycles. The van der Waals surface area contributed by atoms with Gasteiger partial charge in [0.05, 0.1) is 0 Å². The van der Waals surface area contributed by atoms with Crippen LogP contribution in [0.4, 0.5) is 4.79 Å². The molecule has 108 valence electrons. The van der Waals surface area contributed by atoms with E-state index in [4.69, 9.17) is 4.74 Å². The second kappa shape index (κ2) is 5.09. The van der Waals surface area contributed by atoms with Crippen molar-refractivity contribution < 1.29 is 14.3 Å². The summed E-state index contributed by atoms with van der Waals surface area (Å²) in [5.41, 5.74) is 0.169. The molecular weight excluding hydrogens is 324 g/mol. The number of halogens is 1. The molecule has 1 aliphatic rings. The lowest BCUT2D eigenvalue weighted by atomic mass is 10.0. The van der Waals surface area contributed by atoms with Crippen molar-refractivity contribution in [2.45, 2.75) is 32.4 Å². The van der Waals surface area contributed by atoms with E-state index < -0.39 is 17.7 Å². The molecule has 0 N–H and O–H groups in total. The Morgan fingerprint density at radius 2 is 1.80 bits per heavy atom. The SMILES string of the molecule is CN1C(=O)[C@@H](c2ccc(Br)cc2)N1C(=O)OC(C)(C)C. The highest BCUT2D eigenvalue weighted by atomic mass is 79.9. The molecule has 0 aliphatic carbocycles. The molecule has 0 bridgehead atoms. The molecule has 0 saturated carbocycles. The minimum absolute atomic E-state index is 0.127. The number of hydrazine groups is 1. The van der Waals surface area contributed by atoms with E-state index in [2.05, 4.69) is 15.9 Å². The topological polar surface area (TPSA) is 49.9 Å². The van der Waals surface area contributed by atoms with Crippen LogP contribution < -0.4 is 0 Å². The van der Waals surface area contributed by atoms with Crippen molar-refractivity contribution in [3.05, 3.63) is 34.3 Å². The maximum atomic E-state index is 12.1. The van der Waals surface area contributed by atoms with Gasteiger partial charge in [0.25, 0.3) is 5.91 Å². The van der Waals surface area contributed by atoms with Gasteiger partial charge in [-0.25, -0.2) is 9.80 Å². The number of benzene rings is 1. The Kier molecular flexibility index (Phi) is 3.77. The molecule has 5 nitrogen and oxygen atoms in total. The standard InChI is InChI=1S/C14H17BrN2O3/c1-14(2,3)20-13(19)17-11(12(18)16(17)4)9-5-7-10(15)8-6-9/h5-8,11H,1-4H3/t11-/m1/s1. The van der Waals surface area contributed by atoms with Crippen molar-refractivity contribution in [1.82, 2.24) is 10.0 Å². The molecule has 1 aromatic carbocycles. The monoisotopic (exact) mass is 340 g/mol. The van der Waals surface area contributed by atoms with Crippen molar-refractivity contribution in [3.8, 4) is 0 Å². The zero-order chi connectivity index (χ0) is 15.1. The summed E-state index contributed by atoms with van der Waals surface area (Å²) in [7, 11) is 1.56. The normalized spacial score (nSPS) is 18.9. The van der Waals surface area contributed by atoms with E-state index in [1.165, 1.54) is 10.0 Å². The Balaban J connectivity index is 2.21. The minimum Gasteiger partial charge on any atom is -0.442 e. The summed E-state index contributed by atoms with van der Waals surface area (Å²) in [4.78, 5) is 24.1. The van der Waals surface area contributed by atoms with Crippen molar-refractivity contribution in [2.75, 3.05) is 7.05 Å². The Labute approximate surface area is 126 Å². The average Bonchev–Trinajstić information content (AvgIpc) is 2.34. The molecule has 0 aromatic heterocycles. The van der Waals surface area contributed by atoms with Crippen molar-refractivity contribution in [2.24, 2.45) is 0 Å². The fourth-order valence-electron chi connectivity index (χ4n) is 1.97. The van der Waals surface area contributed by atoms with Crippen LogP contribution in [0.15, 0.2) is 28.7 Å². The number of hydrogen-bond acceptors (Lipinski definition) is 3. The quantitative estimate of drug-likeness (QED) is 0.789. The number of carbonyl (C=O) groups excluding carboxylic acids is 2. The van der Waals surface area contributed by atoms with Crippen LogP contribution in [0, 0.1) is 0 Å². The number of hydrogen-bond donors (Lipinski definition) is 0. The van der Waals surface area contributed by atoms with Crippen LogP contribution in [0.3, 0.4) is 0 Å². The van der Waals surface area contributed by atoms with Crippen LogP contribution >= 0.6 is 15.9 Å². The molecule has 2 rings (SSSR count). The summed E-state index contributed by atoms with van der Waals surface area (Å²) in [6.45, 7) is 5.38. The molecule has 20 heavy (non-hydrogen) atoms. The predicted molar refractivity (Wildman–Crippen MR) is 77.7 cm³/mol. The summed E-state index contributed by atoms with van der Waals surface area (Å²) in [5.74, 6) is -0.127. The molecule has 1 fully saturated rings. The zero-order valence-electron chi connectivity index (χ0n) is 11.9. The molecule has 0 spiro atoms. The molecule has 2 amide bonds. The summed E-state index contributed by atoms with van der Waals surface area (Å²) < 4.78 is 6.24. The first-order valence-corrected chi connectivity index (χ1v) is 7.05. The van der Waals surface area contributed by atoms with Gasteiger partial charge in [-0.2, -0.15) is 5.01 Å². The van der Waals surface area contributed by atoms with E-state index in [-0.39, 0.29) is 5.91 Å². The predicted octanol–water partition coefficient (Wildman–Crippen LogP) is 3.11. The lowest BCUT2D eigenvalue weighted by molar-refractivity contribution is -0.184. The smallest absolute Gasteiger partial charge is 0.430 e. The molecule has 0 unspecified atom stereocenters. The number of carbonyl (C=O) groups is 2. The van der Waals surface area contributed by atoms with Crippen LogP contribution in [-0.2, 0) is 9.53 Å². The zero-order valence-corrected chi connectivity index (χ0v) is 13.5. The van der Waals surface area contributed by atoms with Gasteiger partial charge in [0.1, 0.15) is 5.60 Å². The van der Waals surface area contributed by atoms with Gasteiger partial charge in [-0.15, -0.1) is 0 Å². The van der Waals surface area contributed by atoms with Crippen LogP contribution in [0.25, 0.3) is 0 Å². The fourth-order valence-corrected chi connectivity index (χ4v) is 2.23. The summed E-state index contributed by atoms with van der Waals surface area (Å²) in [5, 5.41) is 2.61. The van der Waals surface area contributed by atoms with Crippen molar-refractivity contribution >= 4 is 27.9 Å². The maximum Gasteiger partial charge on any atom is 0.430 e. The molecule has 1 atom stereocenters. The Hall–Kier alpha value is -1.56. The van der Waals surface area contributed by atoms with Gasteiger partial charge in [0, 0.05) is 11.5 Å². The van der Waals surface area contributed by atoms with Gasteiger partial charge >= 0.3 is 6.09 Å². The number of amides is 2. The first-order chi connectivity index (χ1) is 9.20. The Morgan fingerprint density at radius 3 is 2.30 bits per heavy atom. The highest BCUT2D eigenvalue weighted by Gasteiger charge is 2.48. The van der Waals surface area contributed by atoms with E-state index in [0.29, 0.717) is 0 Å². The van der Waals surface area contributed by atoms with E-state index in [0.717, 1.165) is 10.0 Å². The third-order valence-electron chi connectivity index (χ3n) is 2.89. The molecule has 1 saturated heterocycles. The van der Waals surface area contributed by atoms with Crippen LogP contribution in [-0.4, -0.2) is 34.7 Å². The largest absolute Gasteiger partial charge is 0.442 e. The van der Waals surface area contributed by atoms with Gasteiger partial charge in [-0.1, -0.05) is 28.1 Å². The average molecular weight is 341 g/mol. The van der Waals surface area contributed by atoms with Gasteiger partial charge in [-0.3, -0.25) is 4.79 Å². The number of rotatable bonds is 1. The van der Waals surface area contributed by atoms with Gasteiger partial charge < -0.3 is 4.74 Å². The molecule has 1 aromatic rings. The highest BCUT2D eigenvalue weighted by Crippen LogP contribution is 2.34. The molecule has 0 radical (unpaired) electrons. The van der Waals surface area contributed by atoms with Crippen molar-refractivity contribution in [3.63, 3.8) is 0 Å². The lowest BCUT2D eigenvalue weighted by Gasteiger charge is -2.47. The summed E-state index contributed by atoms with van der Waals surface area (Å²) >= 11 is 3.34. The van der Waals surface area contributed by atoms with Gasteiger partial charge in [0.2, 0.25) is 0 Å². The van der Waals surface area contributed by atoms with Gasteiger partial charge in [0.15, 0.2) is 6.04 Å². The minimum atomic E-state index is -0.608. The second-order valence-electron chi connectivity index (χ2n) is 5.64. The molecule has 1 aliphatic heterocycles. The Bertz CT molecular complexity index is 536. The summed E-state index contributed by atoms with van der Waals surface area (Å²) in [6, 6.07) is 6.71. The maximum absolute atomic E-state index is 12.1. The lowest BCUT2D eigenvalue weighted by Crippen LogP contribution is -2.64. The van der Waals surface area contributed by atoms with E-state index in [1.807, 2.05) is 24.3 Å². The first-order valence-electron chi connectivity index (χ1n) is 6.26.